The maximum atomic E-state index is 5.30. The van der Waals surface area contributed by atoms with Crippen molar-refractivity contribution in [3.8, 4) is 0 Å². The Labute approximate surface area is 107 Å². The fourth-order valence-corrected chi connectivity index (χ4v) is 2.08. The quantitative estimate of drug-likeness (QED) is 0.797. The first-order valence-electron chi connectivity index (χ1n) is 5.94. The summed E-state index contributed by atoms with van der Waals surface area (Å²) in [5.41, 5.74) is 2.37. The standard InChI is InChI=1S/C14H18N2O2/c1-17-14(18-2)8-13(12-9-15-16-10-12)11-6-4-3-5-7-11/h3-7,9-10,13-14H,8H2,1-2H3,(H,15,16). The molecule has 0 bridgehead atoms. The fourth-order valence-electron chi connectivity index (χ4n) is 2.08. The molecule has 0 saturated carbocycles. The summed E-state index contributed by atoms with van der Waals surface area (Å²) < 4.78 is 10.6. The third kappa shape index (κ3) is 2.97. The van der Waals surface area contributed by atoms with Crippen molar-refractivity contribution in [2.75, 3.05) is 14.2 Å². The van der Waals surface area contributed by atoms with Crippen molar-refractivity contribution in [2.24, 2.45) is 0 Å². The van der Waals surface area contributed by atoms with Crippen LogP contribution in [0.25, 0.3) is 0 Å². The molecule has 0 saturated heterocycles. The first-order valence-corrected chi connectivity index (χ1v) is 5.94. The zero-order valence-corrected chi connectivity index (χ0v) is 10.7. The van der Waals surface area contributed by atoms with Crippen LogP contribution in [0.1, 0.15) is 23.5 Å². The van der Waals surface area contributed by atoms with Crippen LogP contribution < -0.4 is 0 Å². The van der Waals surface area contributed by atoms with Gasteiger partial charge in [0.05, 0.1) is 6.20 Å². The Morgan fingerprint density at radius 1 is 1.11 bits per heavy atom. The van der Waals surface area contributed by atoms with Gasteiger partial charge in [-0.05, 0) is 11.1 Å². The number of ether oxygens (including phenoxy) is 2. The summed E-state index contributed by atoms with van der Waals surface area (Å²) in [4.78, 5) is 0. The normalized spacial score (nSPS) is 12.8. The van der Waals surface area contributed by atoms with Gasteiger partial charge in [0.2, 0.25) is 0 Å². The number of aromatic nitrogens is 2. The Hall–Kier alpha value is -1.65. The monoisotopic (exact) mass is 246 g/mol. The Morgan fingerprint density at radius 2 is 1.83 bits per heavy atom. The van der Waals surface area contributed by atoms with Crippen LogP contribution in [-0.2, 0) is 9.47 Å². The second-order valence-electron chi connectivity index (χ2n) is 4.13. The molecule has 0 aliphatic rings. The molecule has 1 aromatic heterocycles. The van der Waals surface area contributed by atoms with Crippen LogP contribution >= 0.6 is 0 Å². The van der Waals surface area contributed by atoms with E-state index < -0.39 is 0 Å². The highest BCUT2D eigenvalue weighted by atomic mass is 16.7. The van der Waals surface area contributed by atoms with Crippen molar-refractivity contribution in [1.82, 2.24) is 10.2 Å². The van der Waals surface area contributed by atoms with Crippen molar-refractivity contribution in [3.63, 3.8) is 0 Å². The van der Waals surface area contributed by atoms with E-state index in [0.29, 0.717) is 0 Å². The third-order valence-corrected chi connectivity index (χ3v) is 3.08. The summed E-state index contributed by atoms with van der Waals surface area (Å²) in [6.45, 7) is 0. The molecule has 0 aliphatic carbocycles. The molecule has 0 aliphatic heterocycles. The van der Waals surface area contributed by atoms with Crippen molar-refractivity contribution in [3.05, 3.63) is 53.9 Å². The molecule has 96 valence electrons. The lowest BCUT2D eigenvalue weighted by Gasteiger charge is -2.21. The Bertz CT molecular complexity index is 438. The van der Waals surface area contributed by atoms with E-state index >= 15 is 0 Å². The topological polar surface area (TPSA) is 47.1 Å². The molecule has 0 spiro atoms. The SMILES string of the molecule is COC(CC(c1ccccc1)c1cn[nH]c1)OC. The number of aromatic amines is 1. The number of nitrogens with zero attached hydrogens (tertiary/aromatic N) is 1. The highest BCUT2D eigenvalue weighted by Gasteiger charge is 2.20. The Balaban J connectivity index is 2.24. The summed E-state index contributed by atoms with van der Waals surface area (Å²) in [6, 6.07) is 10.3. The minimum absolute atomic E-state index is 0.217. The molecule has 1 heterocycles. The molecule has 18 heavy (non-hydrogen) atoms. The summed E-state index contributed by atoms with van der Waals surface area (Å²) in [7, 11) is 3.32. The van der Waals surface area contributed by atoms with E-state index in [9.17, 15) is 0 Å². The van der Waals surface area contributed by atoms with Crippen LogP contribution in [0.5, 0.6) is 0 Å². The molecule has 1 N–H and O–H groups in total. The van der Waals surface area contributed by atoms with Gasteiger partial charge in [0.1, 0.15) is 0 Å². The number of hydrogen-bond acceptors (Lipinski definition) is 3. The molecular weight excluding hydrogens is 228 g/mol. The molecule has 2 aromatic rings. The first kappa shape index (κ1) is 12.8. The van der Waals surface area contributed by atoms with Gasteiger partial charge < -0.3 is 9.47 Å². The van der Waals surface area contributed by atoms with E-state index in [4.69, 9.17) is 9.47 Å². The summed E-state index contributed by atoms with van der Waals surface area (Å²) in [6.07, 6.45) is 4.31. The predicted molar refractivity (Wildman–Crippen MR) is 69.3 cm³/mol. The van der Waals surface area contributed by atoms with Crippen molar-refractivity contribution >= 4 is 0 Å². The van der Waals surface area contributed by atoms with Crippen molar-refractivity contribution in [2.45, 2.75) is 18.6 Å². The molecule has 1 atom stereocenters. The molecule has 0 fully saturated rings. The van der Waals surface area contributed by atoms with Crippen LogP contribution in [0.2, 0.25) is 0 Å². The van der Waals surface area contributed by atoms with E-state index in [1.54, 1.807) is 14.2 Å². The number of methoxy groups -OCH3 is 2. The molecule has 4 nitrogen and oxygen atoms in total. The maximum absolute atomic E-state index is 5.30. The lowest BCUT2D eigenvalue weighted by molar-refractivity contribution is -0.108. The van der Waals surface area contributed by atoms with Gasteiger partial charge in [-0.15, -0.1) is 0 Å². The van der Waals surface area contributed by atoms with Gasteiger partial charge in [0, 0.05) is 32.8 Å². The lowest BCUT2D eigenvalue weighted by atomic mass is 9.90. The third-order valence-electron chi connectivity index (χ3n) is 3.08. The first-order chi connectivity index (χ1) is 8.85. The van der Waals surface area contributed by atoms with E-state index in [2.05, 4.69) is 22.3 Å². The average Bonchev–Trinajstić information content (AvgIpc) is 2.95. The fraction of sp³-hybridized carbons (Fsp3) is 0.357. The molecule has 0 radical (unpaired) electrons. The number of nitrogens with one attached hydrogen (secondary N) is 1. The molecular formula is C14H18N2O2. The number of hydrogen-bond donors (Lipinski definition) is 1. The van der Waals surface area contributed by atoms with Gasteiger partial charge in [-0.3, -0.25) is 5.10 Å². The van der Waals surface area contributed by atoms with E-state index in [-0.39, 0.29) is 12.2 Å². The van der Waals surface area contributed by atoms with Gasteiger partial charge >= 0.3 is 0 Å². The second kappa shape index (κ2) is 6.33. The molecule has 2 rings (SSSR count). The zero-order chi connectivity index (χ0) is 12.8. The number of benzene rings is 1. The summed E-state index contributed by atoms with van der Waals surface area (Å²) in [5, 5.41) is 6.88. The molecule has 4 heteroatoms. The average molecular weight is 246 g/mol. The lowest BCUT2D eigenvalue weighted by Crippen LogP contribution is -2.17. The minimum Gasteiger partial charge on any atom is -0.356 e. The zero-order valence-electron chi connectivity index (χ0n) is 10.7. The molecule has 1 unspecified atom stereocenters. The largest absolute Gasteiger partial charge is 0.356 e. The summed E-state index contributed by atoms with van der Waals surface area (Å²) in [5.74, 6) is 0.217. The molecule has 0 amide bonds. The van der Waals surface area contributed by atoms with E-state index in [1.807, 2.05) is 30.6 Å². The van der Waals surface area contributed by atoms with Crippen LogP contribution in [0.3, 0.4) is 0 Å². The van der Waals surface area contributed by atoms with Gasteiger partial charge in [-0.2, -0.15) is 5.10 Å². The van der Waals surface area contributed by atoms with E-state index in [0.717, 1.165) is 12.0 Å². The second-order valence-corrected chi connectivity index (χ2v) is 4.13. The van der Waals surface area contributed by atoms with Crippen molar-refractivity contribution < 1.29 is 9.47 Å². The van der Waals surface area contributed by atoms with Gasteiger partial charge in [-0.1, -0.05) is 30.3 Å². The van der Waals surface area contributed by atoms with Gasteiger partial charge in [0.15, 0.2) is 6.29 Å². The van der Waals surface area contributed by atoms with E-state index in [1.165, 1.54) is 5.56 Å². The Morgan fingerprint density at radius 3 is 2.39 bits per heavy atom. The summed E-state index contributed by atoms with van der Waals surface area (Å²) >= 11 is 0. The maximum Gasteiger partial charge on any atom is 0.157 e. The Kier molecular flexibility index (Phi) is 4.50. The van der Waals surface area contributed by atoms with Gasteiger partial charge in [-0.25, -0.2) is 0 Å². The predicted octanol–water partition coefficient (Wildman–Crippen LogP) is 2.55. The number of H-pyrrole nitrogens is 1. The number of rotatable bonds is 6. The van der Waals surface area contributed by atoms with Crippen LogP contribution in [0.15, 0.2) is 42.7 Å². The van der Waals surface area contributed by atoms with Crippen LogP contribution in [-0.4, -0.2) is 30.7 Å². The van der Waals surface area contributed by atoms with Crippen molar-refractivity contribution in [1.29, 1.82) is 0 Å². The minimum atomic E-state index is -0.217. The smallest absolute Gasteiger partial charge is 0.157 e. The van der Waals surface area contributed by atoms with Crippen LogP contribution in [0, 0.1) is 0 Å². The van der Waals surface area contributed by atoms with Gasteiger partial charge in [0.25, 0.3) is 0 Å². The molecule has 1 aromatic carbocycles. The highest BCUT2D eigenvalue weighted by Crippen LogP contribution is 2.29. The highest BCUT2D eigenvalue weighted by molar-refractivity contribution is 5.29. The van der Waals surface area contributed by atoms with Crippen LogP contribution in [0.4, 0.5) is 0 Å².